The van der Waals surface area contributed by atoms with E-state index in [9.17, 15) is 9.59 Å². The van der Waals surface area contributed by atoms with E-state index in [2.05, 4.69) is 9.97 Å². The molecule has 8 nitrogen and oxygen atoms in total. The molecule has 142 valence electrons. The zero-order chi connectivity index (χ0) is 19.9. The Morgan fingerprint density at radius 2 is 1.96 bits per heavy atom. The van der Waals surface area contributed by atoms with Gasteiger partial charge in [-0.15, -0.1) is 0 Å². The SMILES string of the molecule is Cc1cc(N(C)C(=O)OC(C)(C)C)cc(N2C(=O)Cc3c(N)ncnc32)c1. The molecule has 27 heavy (non-hydrogen) atoms. The van der Waals surface area contributed by atoms with Gasteiger partial charge in [0.05, 0.1) is 12.1 Å². The van der Waals surface area contributed by atoms with Crippen molar-refractivity contribution in [3.63, 3.8) is 0 Å². The molecule has 2 heterocycles. The minimum Gasteiger partial charge on any atom is -0.443 e. The smallest absolute Gasteiger partial charge is 0.414 e. The molecule has 0 fully saturated rings. The van der Waals surface area contributed by atoms with Gasteiger partial charge in [0.1, 0.15) is 23.6 Å². The summed E-state index contributed by atoms with van der Waals surface area (Å²) in [6.07, 6.45) is 1.01. The number of aromatic nitrogens is 2. The highest BCUT2D eigenvalue weighted by molar-refractivity contribution is 6.07. The molecule has 0 atom stereocenters. The molecule has 0 unspecified atom stereocenters. The van der Waals surface area contributed by atoms with Gasteiger partial charge >= 0.3 is 6.09 Å². The molecule has 1 aliphatic rings. The molecule has 0 saturated carbocycles. The molecule has 8 heteroatoms. The van der Waals surface area contributed by atoms with E-state index in [0.29, 0.717) is 28.6 Å². The summed E-state index contributed by atoms with van der Waals surface area (Å²) in [6.45, 7) is 7.32. The number of ether oxygens (including phenoxy) is 1. The van der Waals surface area contributed by atoms with Crippen LogP contribution in [0, 0.1) is 6.92 Å². The second-order valence-electron chi connectivity index (χ2n) is 7.53. The van der Waals surface area contributed by atoms with Crippen molar-refractivity contribution >= 4 is 35.0 Å². The highest BCUT2D eigenvalue weighted by Crippen LogP contribution is 2.37. The lowest BCUT2D eigenvalue weighted by atomic mass is 10.1. The van der Waals surface area contributed by atoms with Gasteiger partial charge in [-0.2, -0.15) is 0 Å². The Kier molecular flexibility index (Phi) is 4.51. The lowest BCUT2D eigenvalue weighted by Gasteiger charge is -2.26. The maximum atomic E-state index is 12.6. The van der Waals surface area contributed by atoms with Crippen LogP contribution >= 0.6 is 0 Å². The number of benzene rings is 1. The first-order valence-corrected chi connectivity index (χ1v) is 8.57. The minimum absolute atomic E-state index is 0.145. The molecule has 0 bridgehead atoms. The van der Waals surface area contributed by atoms with Crippen LogP contribution in [0.5, 0.6) is 0 Å². The molecule has 1 aromatic carbocycles. The lowest BCUT2D eigenvalue weighted by Crippen LogP contribution is -2.34. The lowest BCUT2D eigenvalue weighted by molar-refractivity contribution is -0.116. The molecular formula is C19H23N5O3. The van der Waals surface area contributed by atoms with Gasteiger partial charge in [-0.05, 0) is 51.5 Å². The van der Waals surface area contributed by atoms with Crippen molar-refractivity contribution in [3.8, 4) is 0 Å². The predicted molar refractivity (Wildman–Crippen MR) is 103 cm³/mol. The maximum Gasteiger partial charge on any atom is 0.414 e. The summed E-state index contributed by atoms with van der Waals surface area (Å²) in [5, 5.41) is 0. The van der Waals surface area contributed by atoms with Gasteiger partial charge in [0.2, 0.25) is 5.91 Å². The number of nitrogens with zero attached hydrogens (tertiary/aromatic N) is 4. The van der Waals surface area contributed by atoms with E-state index < -0.39 is 11.7 Å². The van der Waals surface area contributed by atoms with Crippen LogP contribution in [-0.4, -0.2) is 34.6 Å². The third-order valence-corrected chi connectivity index (χ3v) is 4.10. The zero-order valence-corrected chi connectivity index (χ0v) is 16.1. The number of fused-ring (bicyclic) bond motifs is 1. The highest BCUT2D eigenvalue weighted by Gasteiger charge is 2.33. The number of hydrogen-bond donors (Lipinski definition) is 1. The van der Waals surface area contributed by atoms with Crippen LogP contribution in [0.4, 0.5) is 27.8 Å². The Balaban J connectivity index is 1.99. The summed E-state index contributed by atoms with van der Waals surface area (Å²) >= 11 is 0. The Labute approximate surface area is 158 Å². The van der Waals surface area contributed by atoms with Crippen LogP contribution in [0.2, 0.25) is 0 Å². The monoisotopic (exact) mass is 369 g/mol. The summed E-state index contributed by atoms with van der Waals surface area (Å²) in [7, 11) is 1.63. The van der Waals surface area contributed by atoms with Crippen molar-refractivity contribution in [2.75, 3.05) is 22.6 Å². The van der Waals surface area contributed by atoms with Crippen molar-refractivity contribution in [3.05, 3.63) is 35.7 Å². The van der Waals surface area contributed by atoms with Gasteiger partial charge in [0.25, 0.3) is 0 Å². The standard InChI is InChI=1S/C19H23N5O3/c1-11-6-12(23(5)18(26)27-19(2,3)4)8-13(7-11)24-15(25)9-14-16(20)21-10-22-17(14)24/h6-8,10H,9H2,1-5H3,(H2,20,21,22). The van der Waals surface area contributed by atoms with Gasteiger partial charge in [-0.3, -0.25) is 14.6 Å². The molecule has 0 radical (unpaired) electrons. The molecule has 2 amide bonds. The van der Waals surface area contributed by atoms with E-state index >= 15 is 0 Å². The average Bonchev–Trinajstić information content (AvgIpc) is 2.89. The zero-order valence-electron chi connectivity index (χ0n) is 16.1. The maximum absolute atomic E-state index is 12.6. The number of carbonyl (C=O) groups is 2. The van der Waals surface area contributed by atoms with E-state index in [1.165, 1.54) is 16.1 Å². The summed E-state index contributed by atoms with van der Waals surface area (Å²) < 4.78 is 5.42. The Hall–Kier alpha value is -3.16. The minimum atomic E-state index is -0.601. The quantitative estimate of drug-likeness (QED) is 0.873. The first kappa shape index (κ1) is 18.6. The number of amides is 2. The van der Waals surface area contributed by atoms with Crippen molar-refractivity contribution in [2.45, 2.75) is 39.7 Å². The third kappa shape index (κ3) is 3.69. The molecule has 2 aromatic rings. The first-order valence-electron chi connectivity index (χ1n) is 8.57. The van der Waals surface area contributed by atoms with Gasteiger partial charge < -0.3 is 10.5 Å². The number of aryl methyl sites for hydroxylation is 1. The van der Waals surface area contributed by atoms with E-state index in [1.54, 1.807) is 13.1 Å². The van der Waals surface area contributed by atoms with Gasteiger partial charge in [0.15, 0.2) is 0 Å². The number of anilines is 4. The molecule has 1 aliphatic heterocycles. The number of nitrogens with two attached hydrogens (primary N) is 1. The molecule has 2 N–H and O–H groups in total. The van der Waals surface area contributed by atoms with Crippen LogP contribution in [0.3, 0.4) is 0 Å². The van der Waals surface area contributed by atoms with Gasteiger partial charge in [0, 0.05) is 18.3 Å². The van der Waals surface area contributed by atoms with Crippen molar-refractivity contribution in [2.24, 2.45) is 0 Å². The second kappa shape index (κ2) is 6.53. The van der Waals surface area contributed by atoms with Crippen molar-refractivity contribution in [1.82, 2.24) is 9.97 Å². The fraction of sp³-hybridized carbons (Fsp3) is 0.368. The number of carbonyl (C=O) groups excluding carboxylic acids is 2. The van der Waals surface area contributed by atoms with Crippen LogP contribution in [0.1, 0.15) is 31.9 Å². The summed E-state index contributed by atoms with van der Waals surface area (Å²) in [6, 6.07) is 5.46. The third-order valence-electron chi connectivity index (χ3n) is 4.10. The number of hydrogen-bond acceptors (Lipinski definition) is 6. The number of rotatable bonds is 2. The molecule has 3 rings (SSSR count). The second-order valence-corrected chi connectivity index (χ2v) is 7.53. The van der Waals surface area contributed by atoms with E-state index in [-0.39, 0.29) is 12.3 Å². The molecule has 0 saturated heterocycles. The Bertz CT molecular complexity index is 920. The Morgan fingerprint density at radius 3 is 2.63 bits per heavy atom. The average molecular weight is 369 g/mol. The highest BCUT2D eigenvalue weighted by atomic mass is 16.6. The van der Waals surface area contributed by atoms with Crippen LogP contribution in [-0.2, 0) is 16.0 Å². The molecule has 1 aromatic heterocycles. The number of nitrogen functional groups attached to an aromatic ring is 1. The van der Waals surface area contributed by atoms with Crippen molar-refractivity contribution in [1.29, 1.82) is 0 Å². The Morgan fingerprint density at radius 1 is 1.26 bits per heavy atom. The molecular weight excluding hydrogens is 346 g/mol. The fourth-order valence-corrected chi connectivity index (χ4v) is 2.89. The normalized spacial score (nSPS) is 13.5. The molecule has 0 aliphatic carbocycles. The van der Waals surface area contributed by atoms with Gasteiger partial charge in [-0.1, -0.05) is 0 Å². The topological polar surface area (TPSA) is 102 Å². The largest absolute Gasteiger partial charge is 0.443 e. The van der Waals surface area contributed by atoms with E-state index in [0.717, 1.165) is 5.56 Å². The summed E-state index contributed by atoms with van der Waals surface area (Å²) in [5.74, 6) is 0.632. The van der Waals surface area contributed by atoms with E-state index in [1.807, 2.05) is 39.8 Å². The fourth-order valence-electron chi connectivity index (χ4n) is 2.89. The van der Waals surface area contributed by atoms with Gasteiger partial charge in [-0.25, -0.2) is 14.8 Å². The van der Waals surface area contributed by atoms with E-state index in [4.69, 9.17) is 10.5 Å². The molecule has 0 spiro atoms. The van der Waals surface area contributed by atoms with Crippen molar-refractivity contribution < 1.29 is 14.3 Å². The summed E-state index contributed by atoms with van der Waals surface area (Å²) in [4.78, 5) is 36.1. The first-order chi connectivity index (χ1) is 12.6. The van der Waals surface area contributed by atoms with Crippen LogP contribution in [0.25, 0.3) is 0 Å². The van der Waals surface area contributed by atoms with Crippen LogP contribution in [0.15, 0.2) is 24.5 Å². The van der Waals surface area contributed by atoms with Crippen LogP contribution < -0.4 is 15.5 Å². The summed E-state index contributed by atoms with van der Waals surface area (Å²) in [5.41, 5.74) is 8.01. The predicted octanol–water partition coefficient (Wildman–Crippen LogP) is 2.96.